The second-order valence-corrected chi connectivity index (χ2v) is 4.88. The molecule has 0 radical (unpaired) electrons. The SMILES string of the molecule is CCCCN(C(C)CNCCC)C1CC1. The van der Waals surface area contributed by atoms with E-state index >= 15 is 0 Å². The number of hydrogen-bond acceptors (Lipinski definition) is 2. The highest BCUT2D eigenvalue weighted by atomic mass is 15.2. The van der Waals surface area contributed by atoms with Crippen LogP contribution in [0.2, 0.25) is 0 Å². The van der Waals surface area contributed by atoms with E-state index in [1.54, 1.807) is 0 Å². The molecule has 0 bridgehead atoms. The molecule has 0 heterocycles. The van der Waals surface area contributed by atoms with E-state index in [1.807, 2.05) is 0 Å². The van der Waals surface area contributed by atoms with Crippen molar-refractivity contribution in [1.29, 1.82) is 0 Å². The van der Waals surface area contributed by atoms with Crippen molar-refractivity contribution >= 4 is 0 Å². The zero-order valence-electron chi connectivity index (χ0n) is 10.8. The van der Waals surface area contributed by atoms with Gasteiger partial charge in [0.1, 0.15) is 0 Å². The summed E-state index contributed by atoms with van der Waals surface area (Å²) < 4.78 is 0. The predicted molar refractivity (Wildman–Crippen MR) is 67.3 cm³/mol. The van der Waals surface area contributed by atoms with Gasteiger partial charge in [0.15, 0.2) is 0 Å². The molecule has 0 spiro atoms. The van der Waals surface area contributed by atoms with Crippen LogP contribution in [0, 0.1) is 0 Å². The summed E-state index contributed by atoms with van der Waals surface area (Å²) in [4.78, 5) is 2.71. The summed E-state index contributed by atoms with van der Waals surface area (Å²) in [6.45, 7) is 10.5. The molecule has 1 aliphatic carbocycles. The fourth-order valence-corrected chi connectivity index (χ4v) is 2.11. The standard InChI is InChI=1S/C13H28N2/c1-4-6-10-15(13-7-8-13)12(3)11-14-9-5-2/h12-14H,4-11H2,1-3H3. The van der Waals surface area contributed by atoms with Crippen molar-refractivity contribution in [2.45, 2.75) is 65.0 Å². The Labute approximate surface area is 95.4 Å². The number of nitrogens with zero attached hydrogens (tertiary/aromatic N) is 1. The molecule has 1 rings (SSSR count). The van der Waals surface area contributed by atoms with Gasteiger partial charge in [0.25, 0.3) is 0 Å². The van der Waals surface area contributed by atoms with Crippen LogP contribution in [0.5, 0.6) is 0 Å². The van der Waals surface area contributed by atoms with E-state index in [0.29, 0.717) is 0 Å². The maximum atomic E-state index is 3.53. The van der Waals surface area contributed by atoms with Crippen molar-refractivity contribution < 1.29 is 0 Å². The summed E-state index contributed by atoms with van der Waals surface area (Å²) in [5.74, 6) is 0. The van der Waals surface area contributed by atoms with Crippen LogP contribution in [0.4, 0.5) is 0 Å². The third-order valence-electron chi connectivity index (χ3n) is 3.22. The van der Waals surface area contributed by atoms with Gasteiger partial charge in [-0.15, -0.1) is 0 Å². The first-order valence-corrected chi connectivity index (χ1v) is 6.76. The average Bonchev–Trinajstić information content (AvgIpc) is 3.03. The first kappa shape index (κ1) is 13.0. The largest absolute Gasteiger partial charge is 0.315 e. The third-order valence-corrected chi connectivity index (χ3v) is 3.22. The highest BCUT2D eigenvalue weighted by Crippen LogP contribution is 2.28. The number of unbranched alkanes of at least 4 members (excludes halogenated alkanes) is 1. The minimum atomic E-state index is 0.718. The Morgan fingerprint density at radius 3 is 2.53 bits per heavy atom. The summed E-state index contributed by atoms with van der Waals surface area (Å²) in [5, 5.41) is 3.53. The Morgan fingerprint density at radius 1 is 1.27 bits per heavy atom. The lowest BCUT2D eigenvalue weighted by atomic mass is 10.2. The summed E-state index contributed by atoms with van der Waals surface area (Å²) in [7, 11) is 0. The van der Waals surface area contributed by atoms with Crippen LogP contribution in [0.15, 0.2) is 0 Å². The lowest BCUT2D eigenvalue weighted by Gasteiger charge is -2.29. The van der Waals surface area contributed by atoms with Crippen molar-refractivity contribution in [2.24, 2.45) is 0 Å². The number of hydrogen-bond donors (Lipinski definition) is 1. The normalized spacial score (nSPS) is 18.4. The molecule has 0 saturated heterocycles. The van der Waals surface area contributed by atoms with Gasteiger partial charge in [-0.05, 0) is 45.7 Å². The van der Waals surface area contributed by atoms with Gasteiger partial charge in [-0.25, -0.2) is 0 Å². The molecule has 0 aromatic heterocycles. The Bertz CT molecular complexity index is 155. The average molecular weight is 212 g/mol. The molecule has 1 unspecified atom stereocenters. The molecule has 15 heavy (non-hydrogen) atoms. The highest BCUT2D eigenvalue weighted by molar-refractivity contribution is 4.87. The molecule has 1 aliphatic rings. The van der Waals surface area contributed by atoms with Gasteiger partial charge in [0, 0.05) is 18.6 Å². The molecule has 1 atom stereocenters. The van der Waals surface area contributed by atoms with E-state index in [2.05, 4.69) is 31.0 Å². The number of nitrogens with one attached hydrogen (secondary N) is 1. The quantitative estimate of drug-likeness (QED) is 0.591. The first-order chi connectivity index (χ1) is 7.29. The van der Waals surface area contributed by atoms with Crippen LogP contribution >= 0.6 is 0 Å². The van der Waals surface area contributed by atoms with Crippen molar-refractivity contribution in [3.63, 3.8) is 0 Å². The van der Waals surface area contributed by atoms with Gasteiger partial charge >= 0.3 is 0 Å². The summed E-state index contributed by atoms with van der Waals surface area (Å²) >= 11 is 0. The molecule has 2 nitrogen and oxygen atoms in total. The number of rotatable bonds is 9. The van der Waals surface area contributed by atoms with Crippen molar-refractivity contribution in [2.75, 3.05) is 19.6 Å². The van der Waals surface area contributed by atoms with Gasteiger partial charge in [0.2, 0.25) is 0 Å². The predicted octanol–water partition coefficient (Wildman–Crippen LogP) is 2.64. The van der Waals surface area contributed by atoms with E-state index in [9.17, 15) is 0 Å². The molecule has 0 aromatic rings. The van der Waals surface area contributed by atoms with Crippen LogP contribution in [-0.4, -0.2) is 36.6 Å². The van der Waals surface area contributed by atoms with Gasteiger partial charge in [0.05, 0.1) is 0 Å². The summed E-state index contributed by atoms with van der Waals surface area (Å²) in [6.07, 6.45) is 6.78. The molecule has 0 aliphatic heterocycles. The lowest BCUT2D eigenvalue weighted by molar-refractivity contribution is 0.191. The zero-order valence-corrected chi connectivity index (χ0v) is 10.8. The Kier molecular flexibility index (Phi) is 6.26. The van der Waals surface area contributed by atoms with Crippen LogP contribution in [-0.2, 0) is 0 Å². The molecule has 90 valence electrons. The second-order valence-electron chi connectivity index (χ2n) is 4.88. The second kappa shape index (κ2) is 7.24. The fraction of sp³-hybridized carbons (Fsp3) is 1.00. The summed E-state index contributed by atoms with van der Waals surface area (Å²) in [6, 6.07) is 1.63. The molecule has 2 heteroatoms. The molecule has 0 amide bonds. The van der Waals surface area contributed by atoms with Crippen molar-refractivity contribution in [1.82, 2.24) is 10.2 Å². The fourth-order valence-electron chi connectivity index (χ4n) is 2.11. The van der Waals surface area contributed by atoms with Gasteiger partial charge in [-0.3, -0.25) is 4.90 Å². The summed E-state index contributed by atoms with van der Waals surface area (Å²) in [5.41, 5.74) is 0. The van der Waals surface area contributed by atoms with E-state index < -0.39 is 0 Å². The van der Waals surface area contributed by atoms with Crippen LogP contribution < -0.4 is 5.32 Å². The molecule has 1 fully saturated rings. The van der Waals surface area contributed by atoms with Crippen LogP contribution in [0.3, 0.4) is 0 Å². The van der Waals surface area contributed by atoms with Gasteiger partial charge in [-0.2, -0.15) is 0 Å². The van der Waals surface area contributed by atoms with E-state index in [1.165, 1.54) is 38.6 Å². The molecular formula is C13H28N2. The Morgan fingerprint density at radius 2 is 2.00 bits per heavy atom. The highest BCUT2D eigenvalue weighted by Gasteiger charge is 2.31. The van der Waals surface area contributed by atoms with Crippen molar-refractivity contribution in [3.05, 3.63) is 0 Å². The maximum absolute atomic E-state index is 3.53. The first-order valence-electron chi connectivity index (χ1n) is 6.76. The van der Waals surface area contributed by atoms with Crippen molar-refractivity contribution in [3.8, 4) is 0 Å². The van der Waals surface area contributed by atoms with Gasteiger partial charge in [-0.1, -0.05) is 20.3 Å². The molecule has 0 aromatic carbocycles. The van der Waals surface area contributed by atoms with Gasteiger partial charge < -0.3 is 5.32 Å². The molecule has 1 N–H and O–H groups in total. The smallest absolute Gasteiger partial charge is 0.0195 e. The third kappa shape index (κ3) is 4.98. The van der Waals surface area contributed by atoms with E-state index in [4.69, 9.17) is 0 Å². The Hall–Kier alpha value is -0.0800. The topological polar surface area (TPSA) is 15.3 Å². The van der Waals surface area contributed by atoms with E-state index in [0.717, 1.165) is 25.2 Å². The zero-order chi connectivity index (χ0) is 11.1. The molecule has 1 saturated carbocycles. The minimum Gasteiger partial charge on any atom is -0.315 e. The lowest BCUT2D eigenvalue weighted by Crippen LogP contribution is -2.42. The van der Waals surface area contributed by atoms with Crippen LogP contribution in [0.1, 0.15) is 52.9 Å². The molecular weight excluding hydrogens is 184 g/mol. The maximum Gasteiger partial charge on any atom is 0.0195 e. The van der Waals surface area contributed by atoms with Crippen LogP contribution in [0.25, 0.3) is 0 Å². The minimum absolute atomic E-state index is 0.718. The monoisotopic (exact) mass is 212 g/mol. The van der Waals surface area contributed by atoms with E-state index in [-0.39, 0.29) is 0 Å². The Balaban J connectivity index is 2.20.